The van der Waals surface area contributed by atoms with E-state index < -0.39 is 41.8 Å². The second-order valence-electron chi connectivity index (χ2n) is 18.9. The monoisotopic (exact) mass is 944 g/mol. The molecule has 1 unspecified atom stereocenters. The molecule has 12 nitrogen and oxygen atoms in total. The summed E-state index contributed by atoms with van der Waals surface area (Å²) in [7, 11) is 0. The van der Waals surface area contributed by atoms with Gasteiger partial charge in [0.05, 0.1) is 11.0 Å². The predicted molar refractivity (Wildman–Crippen MR) is 271 cm³/mol. The fraction of sp³-hybridized carbons (Fsp3) is 0.220. The van der Waals surface area contributed by atoms with Crippen LogP contribution in [0.5, 0.6) is 0 Å². The van der Waals surface area contributed by atoms with Crippen molar-refractivity contribution in [2.24, 2.45) is 0 Å². The van der Waals surface area contributed by atoms with Crippen molar-refractivity contribution in [3.63, 3.8) is 0 Å². The highest BCUT2D eigenvalue weighted by Gasteiger charge is 2.34. The van der Waals surface area contributed by atoms with E-state index in [9.17, 15) is 24.3 Å². The van der Waals surface area contributed by atoms with Gasteiger partial charge in [-0.25, -0.2) is 19.2 Å². The van der Waals surface area contributed by atoms with E-state index in [-0.39, 0.29) is 37.9 Å². The Balaban J connectivity index is 0.790. The number of pyridine rings is 2. The van der Waals surface area contributed by atoms with Crippen molar-refractivity contribution in [3.8, 4) is 22.3 Å². The molecule has 2 aliphatic rings. The van der Waals surface area contributed by atoms with Gasteiger partial charge in [0.1, 0.15) is 30.9 Å². The Morgan fingerprint density at radius 3 is 1.55 bits per heavy atom. The number of aromatic nitrogens is 2. The molecule has 8 aromatic rings. The number of aliphatic carboxylic acids is 1. The quantitative estimate of drug-likeness (QED) is 0.0627. The zero-order valence-electron chi connectivity index (χ0n) is 39.3. The number of fused-ring (bicyclic) bond motifs is 8. The normalized spacial score (nSPS) is 14.4. The summed E-state index contributed by atoms with van der Waals surface area (Å²) in [5.41, 5.74) is 11.7. The van der Waals surface area contributed by atoms with Crippen LogP contribution in [0.1, 0.15) is 71.0 Å². The van der Waals surface area contributed by atoms with E-state index >= 15 is 0 Å². The minimum atomic E-state index is -1.20. The lowest BCUT2D eigenvalue weighted by atomic mass is 9.94. The van der Waals surface area contributed by atoms with Crippen LogP contribution in [-0.2, 0) is 43.1 Å². The largest absolute Gasteiger partial charge is 0.480 e. The number of amides is 2. The number of nitrogens with one attached hydrogen (secondary N) is 2. The van der Waals surface area contributed by atoms with Crippen LogP contribution in [0.25, 0.3) is 44.1 Å². The van der Waals surface area contributed by atoms with Gasteiger partial charge >= 0.3 is 24.1 Å². The van der Waals surface area contributed by atoms with Gasteiger partial charge in [0.25, 0.3) is 0 Å². The van der Waals surface area contributed by atoms with Crippen molar-refractivity contribution in [3.05, 3.63) is 203 Å². The highest BCUT2D eigenvalue weighted by Crippen LogP contribution is 2.46. The molecule has 0 saturated carbocycles. The molecular formula is C59H52N4O8. The van der Waals surface area contributed by atoms with E-state index in [1.165, 1.54) is 0 Å². The molecule has 0 radical (unpaired) electrons. The van der Waals surface area contributed by atoms with Gasteiger partial charge in [0, 0.05) is 47.8 Å². The molecule has 3 N–H and O–H groups in total. The lowest BCUT2D eigenvalue weighted by Crippen LogP contribution is -2.46. The van der Waals surface area contributed by atoms with Gasteiger partial charge in [0.2, 0.25) is 0 Å². The first kappa shape index (κ1) is 46.4. The number of hydrogen-bond acceptors (Lipinski definition) is 9. The Bertz CT molecular complexity index is 3290. The summed E-state index contributed by atoms with van der Waals surface area (Å²) in [4.78, 5) is 62.1. The summed E-state index contributed by atoms with van der Waals surface area (Å²) >= 11 is 0. The number of carboxylic acids is 1. The predicted octanol–water partition coefficient (Wildman–Crippen LogP) is 10.7. The number of ether oxygens (including phenoxy) is 3. The Labute approximate surface area is 411 Å². The van der Waals surface area contributed by atoms with Crippen LogP contribution in [0, 0.1) is 0 Å². The van der Waals surface area contributed by atoms with Crippen LogP contribution in [0.3, 0.4) is 0 Å². The Morgan fingerprint density at radius 2 is 1.01 bits per heavy atom. The summed E-state index contributed by atoms with van der Waals surface area (Å²) in [6.07, 6.45) is 3.20. The van der Waals surface area contributed by atoms with Gasteiger partial charge in [-0.05, 0) is 124 Å². The number of nitrogens with zero attached hydrogens (tertiary/aromatic N) is 2. The molecule has 2 aromatic heterocycles. The first-order valence-corrected chi connectivity index (χ1v) is 23.9. The number of carboxylic acid groups (broad SMARTS) is 1. The van der Waals surface area contributed by atoms with Crippen molar-refractivity contribution in [1.82, 2.24) is 20.6 Å². The number of carbonyl (C=O) groups is 4. The summed E-state index contributed by atoms with van der Waals surface area (Å²) in [5.74, 6) is -2.16. The summed E-state index contributed by atoms with van der Waals surface area (Å²) in [6, 6.07) is 47.0. The Morgan fingerprint density at radius 1 is 0.549 bits per heavy atom. The molecule has 10 rings (SSSR count). The molecule has 0 fully saturated rings. The minimum Gasteiger partial charge on any atom is -0.480 e. The van der Waals surface area contributed by atoms with Gasteiger partial charge in [-0.2, -0.15) is 0 Å². The van der Waals surface area contributed by atoms with E-state index in [0.717, 1.165) is 83.0 Å². The first-order valence-electron chi connectivity index (χ1n) is 23.9. The first-order chi connectivity index (χ1) is 34.5. The van der Waals surface area contributed by atoms with E-state index in [4.69, 9.17) is 14.2 Å². The number of alkyl carbamates (subject to hydrolysis) is 2. The molecule has 6 aromatic carbocycles. The maximum atomic E-state index is 14.2. The second kappa shape index (κ2) is 19.9. The SMILES string of the molecule is CC(C)(CCc1ccc2c(c1)-c1ccccc1C2COC(=O)N[C@@H](Cc1ccc2ncccc2c1)C(=O)O)OC(=O)[C@H](Cc1ccc2ncccc2c1)NC(=O)OCC1c2ccccc2-c2ccccc21. The van der Waals surface area contributed by atoms with Gasteiger partial charge < -0.3 is 30.0 Å². The Kier molecular flexibility index (Phi) is 13.0. The molecule has 2 heterocycles. The number of aryl methyl sites for hydroxylation is 1. The molecule has 3 atom stereocenters. The number of hydrogen-bond donors (Lipinski definition) is 3. The molecule has 0 aliphatic heterocycles. The summed E-state index contributed by atoms with van der Waals surface area (Å²) < 4.78 is 17.9. The average Bonchev–Trinajstić information content (AvgIpc) is 3.87. The van der Waals surface area contributed by atoms with E-state index in [1.54, 1.807) is 12.4 Å². The van der Waals surface area contributed by atoms with Crippen molar-refractivity contribution < 1.29 is 38.5 Å². The third-order valence-corrected chi connectivity index (χ3v) is 13.6. The zero-order chi connectivity index (χ0) is 49.1. The molecule has 12 heteroatoms. The maximum absolute atomic E-state index is 14.2. The van der Waals surface area contributed by atoms with E-state index in [2.05, 4.69) is 50.9 Å². The van der Waals surface area contributed by atoms with Gasteiger partial charge in [-0.15, -0.1) is 0 Å². The highest BCUT2D eigenvalue weighted by atomic mass is 16.6. The summed E-state index contributed by atoms with van der Waals surface area (Å²) in [5, 5.41) is 17.2. The number of benzene rings is 6. The average molecular weight is 945 g/mol. The third-order valence-electron chi connectivity index (χ3n) is 13.6. The molecule has 2 aliphatic carbocycles. The Hall–Kier alpha value is -8.38. The van der Waals surface area contributed by atoms with Crippen molar-refractivity contribution in [2.75, 3.05) is 13.2 Å². The minimum absolute atomic E-state index is 0.00743. The second-order valence-corrected chi connectivity index (χ2v) is 18.9. The van der Waals surface area contributed by atoms with E-state index in [0.29, 0.717) is 12.8 Å². The number of esters is 1. The summed E-state index contributed by atoms with van der Waals surface area (Å²) in [6.45, 7) is 3.84. The van der Waals surface area contributed by atoms with Crippen molar-refractivity contribution in [1.29, 1.82) is 0 Å². The fourth-order valence-corrected chi connectivity index (χ4v) is 10.0. The van der Waals surface area contributed by atoms with Crippen molar-refractivity contribution >= 4 is 45.9 Å². The molecule has 0 bridgehead atoms. The van der Waals surface area contributed by atoms with Gasteiger partial charge in [-0.1, -0.05) is 115 Å². The van der Waals surface area contributed by atoms with Crippen LogP contribution < -0.4 is 10.6 Å². The fourth-order valence-electron chi connectivity index (χ4n) is 10.0. The zero-order valence-corrected chi connectivity index (χ0v) is 39.3. The van der Waals surface area contributed by atoms with Crippen LogP contribution >= 0.6 is 0 Å². The van der Waals surface area contributed by atoms with Gasteiger partial charge in [-0.3, -0.25) is 9.97 Å². The molecular weight excluding hydrogens is 893 g/mol. The van der Waals surface area contributed by atoms with Crippen LogP contribution in [0.15, 0.2) is 164 Å². The van der Waals surface area contributed by atoms with Crippen molar-refractivity contribution in [2.45, 2.75) is 69.1 Å². The smallest absolute Gasteiger partial charge is 0.407 e. The lowest BCUT2D eigenvalue weighted by Gasteiger charge is -2.28. The number of rotatable bonds is 16. The standard InChI is InChI=1S/C59H52N4O8/c1-59(2,71-56(66)54(33-38-21-24-52-40(30-38)12-10-28-61-52)63-58(68)70-34-49-44-16-6-3-13-41(44)42-14-4-7-17-45(42)49)26-25-36-19-22-47-48(31-36)43-15-5-8-18-46(43)50(47)35-69-57(67)62-53(55(64)65)32-37-20-23-51-39(29-37)11-9-27-60-51/h3-24,27-31,49-50,53-54H,25-26,32-35H2,1-2H3,(H,62,67)(H,63,68)(H,64,65)/t50?,53-,54-/m0/s1. The highest BCUT2D eigenvalue weighted by molar-refractivity contribution is 5.85. The molecule has 0 saturated heterocycles. The topological polar surface area (TPSA) is 166 Å². The van der Waals surface area contributed by atoms with E-state index in [1.807, 2.05) is 135 Å². The third kappa shape index (κ3) is 10.2. The molecule has 356 valence electrons. The molecule has 0 spiro atoms. The van der Waals surface area contributed by atoms with Gasteiger partial charge in [0.15, 0.2) is 0 Å². The lowest BCUT2D eigenvalue weighted by molar-refractivity contribution is -0.159. The molecule has 2 amide bonds. The van der Waals surface area contributed by atoms with Crippen LogP contribution in [0.2, 0.25) is 0 Å². The maximum Gasteiger partial charge on any atom is 0.407 e. The molecule has 71 heavy (non-hydrogen) atoms. The number of carbonyl (C=O) groups excluding carboxylic acids is 3. The van der Waals surface area contributed by atoms with Crippen LogP contribution in [0.4, 0.5) is 9.59 Å². The van der Waals surface area contributed by atoms with Crippen LogP contribution in [-0.4, -0.2) is 70.1 Å².